The van der Waals surface area contributed by atoms with E-state index in [0.29, 0.717) is 28.3 Å². The Hall–Kier alpha value is -1.47. The van der Waals surface area contributed by atoms with Crippen molar-refractivity contribution in [3.05, 3.63) is 23.2 Å². The number of nitrogens with one attached hydrogen (secondary N) is 1. The monoisotopic (exact) mass is 386 g/mol. The number of carbonyl (C=O) groups excluding carboxylic acids is 1. The van der Waals surface area contributed by atoms with Crippen LogP contribution in [0.4, 0.5) is 5.69 Å². The first kappa shape index (κ1) is 18.3. The minimum atomic E-state index is -3.62. The second-order valence-corrected chi connectivity index (χ2v) is 9.25. The van der Waals surface area contributed by atoms with E-state index in [0.717, 1.165) is 23.4 Å². The maximum absolute atomic E-state index is 12.4. The molecule has 1 N–H and O–H groups in total. The molecule has 2 saturated carbocycles. The minimum absolute atomic E-state index is 0.173. The van der Waals surface area contributed by atoms with Gasteiger partial charge in [0.15, 0.2) is 0 Å². The molecule has 1 aromatic carbocycles. The zero-order valence-corrected chi connectivity index (χ0v) is 15.9. The predicted octanol–water partition coefficient (Wildman–Crippen LogP) is 2.42. The zero-order valence-electron chi connectivity index (χ0n) is 14.4. The van der Waals surface area contributed by atoms with Gasteiger partial charge in [0.05, 0.1) is 24.1 Å². The van der Waals surface area contributed by atoms with Crippen LogP contribution >= 0.6 is 11.6 Å². The third-order valence-electron chi connectivity index (χ3n) is 5.20. The average Bonchev–Trinajstić information content (AvgIpc) is 3.14. The lowest BCUT2D eigenvalue weighted by Gasteiger charge is -2.26. The molecule has 0 saturated heterocycles. The second-order valence-electron chi connectivity index (χ2n) is 6.94. The third kappa shape index (κ3) is 4.03. The van der Waals surface area contributed by atoms with Crippen LogP contribution in [0.15, 0.2) is 18.2 Å². The van der Waals surface area contributed by atoms with Crippen molar-refractivity contribution in [1.29, 1.82) is 0 Å². The molecule has 2 bridgehead atoms. The average molecular weight is 387 g/mol. The predicted molar refractivity (Wildman–Crippen MR) is 97.6 cm³/mol. The van der Waals surface area contributed by atoms with Gasteiger partial charge in [0.1, 0.15) is 12.3 Å². The van der Waals surface area contributed by atoms with Crippen LogP contribution in [0.3, 0.4) is 0 Å². The van der Waals surface area contributed by atoms with Gasteiger partial charge in [0.25, 0.3) is 0 Å². The highest BCUT2D eigenvalue weighted by Crippen LogP contribution is 2.44. The summed E-state index contributed by atoms with van der Waals surface area (Å²) in [5.41, 5.74) is 0.344. The number of nitrogens with zero attached hydrogens (tertiary/aromatic N) is 1. The van der Waals surface area contributed by atoms with E-state index < -0.39 is 10.0 Å². The zero-order chi connectivity index (χ0) is 18.2. The first-order valence-corrected chi connectivity index (χ1v) is 10.6. The van der Waals surface area contributed by atoms with Crippen molar-refractivity contribution in [3.63, 3.8) is 0 Å². The molecule has 0 heterocycles. The molecule has 2 fully saturated rings. The highest BCUT2D eigenvalue weighted by atomic mass is 35.5. The van der Waals surface area contributed by atoms with Crippen LogP contribution in [-0.2, 0) is 14.8 Å². The summed E-state index contributed by atoms with van der Waals surface area (Å²) >= 11 is 6.09. The van der Waals surface area contributed by atoms with Gasteiger partial charge in [0, 0.05) is 6.04 Å². The fraction of sp³-hybridized carbons (Fsp3) is 0.588. The Kier molecular flexibility index (Phi) is 5.16. The molecule has 0 aliphatic heterocycles. The van der Waals surface area contributed by atoms with Crippen molar-refractivity contribution in [3.8, 4) is 5.75 Å². The number of fused-ring (bicyclic) bond motifs is 2. The van der Waals surface area contributed by atoms with E-state index in [-0.39, 0.29) is 18.5 Å². The molecule has 8 heteroatoms. The Morgan fingerprint density at radius 1 is 1.36 bits per heavy atom. The fourth-order valence-corrected chi connectivity index (χ4v) is 5.12. The van der Waals surface area contributed by atoms with Gasteiger partial charge >= 0.3 is 0 Å². The SMILES string of the molecule is COc1ccc(N(CC(=O)N[C@H]2C[C@H]3CC[C@H]2C3)S(C)(=O)=O)cc1Cl. The standard InChI is InChI=1S/C17H23ClN2O4S/c1-24-16-6-5-13(9-14(16)18)20(25(2,22)23)10-17(21)19-15-8-11-3-4-12(15)7-11/h5-6,9,11-12,15H,3-4,7-8,10H2,1-2H3,(H,19,21)/t11-,12-,15-/m0/s1. The Balaban J connectivity index is 1.73. The van der Waals surface area contributed by atoms with Crippen LogP contribution in [0.5, 0.6) is 5.75 Å². The summed E-state index contributed by atoms with van der Waals surface area (Å²) in [5, 5.41) is 3.31. The molecule has 2 aliphatic rings. The van der Waals surface area contributed by atoms with Crippen molar-refractivity contribution in [2.45, 2.75) is 31.7 Å². The number of carbonyl (C=O) groups is 1. The highest BCUT2D eigenvalue weighted by Gasteiger charge is 2.40. The highest BCUT2D eigenvalue weighted by molar-refractivity contribution is 7.92. The second kappa shape index (κ2) is 7.03. The number of rotatable bonds is 6. The summed E-state index contributed by atoms with van der Waals surface area (Å²) in [6.07, 6.45) is 5.66. The molecule has 1 amide bonds. The van der Waals surface area contributed by atoms with Gasteiger partial charge in [-0.3, -0.25) is 9.10 Å². The van der Waals surface area contributed by atoms with E-state index >= 15 is 0 Å². The Bertz CT molecular complexity index is 768. The number of amides is 1. The van der Waals surface area contributed by atoms with Gasteiger partial charge in [-0.05, 0) is 49.3 Å². The smallest absolute Gasteiger partial charge is 0.241 e. The van der Waals surface area contributed by atoms with Gasteiger partial charge in [0.2, 0.25) is 15.9 Å². The molecule has 2 aliphatic carbocycles. The lowest BCUT2D eigenvalue weighted by molar-refractivity contribution is -0.120. The summed E-state index contributed by atoms with van der Waals surface area (Å²) in [6, 6.07) is 4.83. The van der Waals surface area contributed by atoms with E-state index in [1.807, 2.05) is 0 Å². The summed E-state index contributed by atoms with van der Waals surface area (Å²) in [6.45, 7) is -0.255. The quantitative estimate of drug-likeness (QED) is 0.814. The van der Waals surface area contributed by atoms with Crippen molar-refractivity contribution in [2.24, 2.45) is 11.8 Å². The van der Waals surface area contributed by atoms with Crippen LogP contribution in [0.2, 0.25) is 5.02 Å². The van der Waals surface area contributed by atoms with Crippen molar-refractivity contribution in [1.82, 2.24) is 5.32 Å². The molecular weight excluding hydrogens is 364 g/mol. The molecular formula is C17H23ClN2O4S. The molecule has 1 aromatic rings. The summed E-state index contributed by atoms with van der Waals surface area (Å²) < 4.78 is 30.5. The number of ether oxygens (including phenoxy) is 1. The van der Waals surface area contributed by atoms with E-state index in [2.05, 4.69) is 5.32 Å². The van der Waals surface area contributed by atoms with Crippen molar-refractivity contribution in [2.75, 3.05) is 24.2 Å². The van der Waals surface area contributed by atoms with Gasteiger partial charge in [-0.15, -0.1) is 0 Å². The Morgan fingerprint density at radius 3 is 2.64 bits per heavy atom. The first-order valence-electron chi connectivity index (χ1n) is 8.38. The maximum atomic E-state index is 12.4. The van der Waals surface area contributed by atoms with E-state index in [1.54, 1.807) is 12.1 Å². The largest absolute Gasteiger partial charge is 0.495 e. The Labute approximate surface area is 153 Å². The molecule has 0 spiro atoms. The van der Waals surface area contributed by atoms with E-state index in [4.69, 9.17) is 16.3 Å². The normalized spacial score (nSPS) is 25.0. The van der Waals surface area contributed by atoms with Crippen LogP contribution in [0.1, 0.15) is 25.7 Å². The van der Waals surface area contributed by atoms with Crippen LogP contribution < -0.4 is 14.4 Å². The molecule has 25 heavy (non-hydrogen) atoms. The lowest BCUT2D eigenvalue weighted by atomic mass is 9.95. The number of anilines is 1. The number of hydrogen-bond acceptors (Lipinski definition) is 4. The molecule has 0 aromatic heterocycles. The number of methoxy groups -OCH3 is 1. The number of hydrogen-bond donors (Lipinski definition) is 1. The van der Waals surface area contributed by atoms with Crippen LogP contribution in [0.25, 0.3) is 0 Å². The van der Waals surface area contributed by atoms with Crippen molar-refractivity contribution >= 4 is 33.2 Å². The van der Waals surface area contributed by atoms with Gasteiger partial charge in [-0.1, -0.05) is 18.0 Å². The third-order valence-corrected chi connectivity index (χ3v) is 6.63. The number of benzene rings is 1. The summed E-state index contributed by atoms with van der Waals surface area (Å²) in [7, 11) is -2.14. The minimum Gasteiger partial charge on any atom is -0.495 e. The molecule has 138 valence electrons. The first-order chi connectivity index (χ1) is 11.8. The summed E-state index contributed by atoms with van der Waals surface area (Å²) in [5.74, 6) is 1.41. The molecule has 3 atom stereocenters. The van der Waals surface area contributed by atoms with E-state index in [9.17, 15) is 13.2 Å². The van der Waals surface area contributed by atoms with Crippen LogP contribution in [0, 0.1) is 11.8 Å². The van der Waals surface area contributed by atoms with Gasteiger partial charge in [-0.2, -0.15) is 0 Å². The molecule has 3 rings (SSSR count). The number of sulfonamides is 1. The van der Waals surface area contributed by atoms with Crippen molar-refractivity contribution < 1.29 is 17.9 Å². The lowest BCUT2D eigenvalue weighted by Crippen LogP contribution is -2.45. The molecule has 0 radical (unpaired) electrons. The topological polar surface area (TPSA) is 75.7 Å². The Morgan fingerprint density at radius 2 is 2.12 bits per heavy atom. The molecule has 0 unspecified atom stereocenters. The maximum Gasteiger partial charge on any atom is 0.241 e. The molecule has 6 nitrogen and oxygen atoms in total. The summed E-state index contributed by atoms with van der Waals surface area (Å²) in [4.78, 5) is 12.4. The van der Waals surface area contributed by atoms with Gasteiger partial charge < -0.3 is 10.1 Å². The van der Waals surface area contributed by atoms with E-state index in [1.165, 1.54) is 26.0 Å². The fourth-order valence-electron chi connectivity index (χ4n) is 4.01. The van der Waals surface area contributed by atoms with Crippen LogP contribution in [-0.4, -0.2) is 40.3 Å². The van der Waals surface area contributed by atoms with Gasteiger partial charge in [-0.25, -0.2) is 8.42 Å². The number of halogens is 1.